The van der Waals surface area contributed by atoms with Crippen LogP contribution in [0.15, 0.2) is 76.9 Å². The number of para-hydroxylation sites is 1. The Morgan fingerprint density at radius 2 is 1.44 bits per heavy atom. The van der Waals surface area contributed by atoms with Crippen LogP contribution in [0.4, 0.5) is 5.69 Å². The SMILES string of the molecule is CC(C)=CCCC(C)=CCCC(=CCCC(C)=CC(=O)N1CCN(c2ccccc2)CC1)CO. The summed E-state index contributed by atoms with van der Waals surface area (Å²) in [5.41, 5.74) is 6.19. The highest BCUT2D eigenvalue weighted by atomic mass is 16.3. The van der Waals surface area contributed by atoms with E-state index in [-0.39, 0.29) is 12.5 Å². The fourth-order valence-electron chi connectivity index (χ4n) is 4.14. The Balaban J connectivity index is 1.72. The summed E-state index contributed by atoms with van der Waals surface area (Å²) in [6.45, 7) is 11.9. The van der Waals surface area contributed by atoms with Gasteiger partial charge in [-0.3, -0.25) is 4.79 Å². The first-order valence-corrected chi connectivity index (χ1v) is 12.7. The van der Waals surface area contributed by atoms with Gasteiger partial charge in [-0.05, 0) is 83.9 Å². The minimum atomic E-state index is 0.109. The van der Waals surface area contributed by atoms with Crippen LogP contribution in [0.1, 0.15) is 66.2 Å². The maximum absolute atomic E-state index is 12.7. The second kappa shape index (κ2) is 15.3. The summed E-state index contributed by atoms with van der Waals surface area (Å²) in [4.78, 5) is 17.0. The first kappa shape index (κ1) is 27.7. The minimum absolute atomic E-state index is 0.109. The summed E-state index contributed by atoms with van der Waals surface area (Å²) in [5.74, 6) is 0.116. The van der Waals surface area contributed by atoms with Crippen molar-refractivity contribution in [3.63, 3.8) is 0 Å². The van der Waals surface area contributed by atoms with Crippen molar-refractivity contribution >= 4 is 11.6 Å². The van der Waals surface area contributed by atoms with Gasteiger partial charge in [0, 0.05) is 37.9 Å². The zero-order valence-electron chi connectivity index (χ0n) is 21.7. The highest BCUT2D eigenvalue weighted by Crippen LogP contribution is 2.17. The smallest absolute Gasteiger partial charge is 0.246 e. The van der Waals surface area contributed by atoms with Gasteiger partial charge in [0.25, 0.3) is 0 Å². The molecule has 0 saturated carbocycles. The molecule has 34 heavy (non-hydrogen) atoms. The third kappa shape index (κ3) is 10.6. The van der Waals surface area contributed by atoms with Gasteiger partial charge in [0.1, 0.15) is 0 Å². The Bertz CT molecular complexity index is 868. The summed E-state index contributed by atoms with van der Waals surface area (Å²) >= 11 is 0. The number of rotatable bonds is 12. The number of allylic oxidation sites excluding steroid dienone is 6. The molecule has 1 saturated heterocycles. The largest absolute Gasteiger partial charge is 0.392 e. The van der Waals surface area contributed by atoms with Crippen molar-refractivity contribution in [3.05, 3.63) is 76.9 Å². The lowest BCUT2D eigenvalue weighted by Crippen LogP contribution is -2.48. The minimum Gasteiger partial charge on any atom is -0.392 e. The molecule has 0 bridgehead atoms. The Hall–Kier alpha value is -2.59. The summed E-state index contributed by atoms with van der Waals surface area (Å²) in [7, 11) is 0. The first-order valence-electron chi connectivity index (χ1n) is 12.7. The number of hydrogen-bond acceptors (Lipinski definition) is 3. The van der Waals surface area contributed by atoms with Crippen molar-refractivity contribution in [1.29, 1.82) is 0 Å². The molecule has 0 spiro atoms. The molecule has 0 radical (unpaired) electrons. The number of piperazine rings is 1. The van der Waals surface area contributed by atoms with Crippen LogP contribution in [0.25, 0.3) is 0 Å². The molecule has 186 valence electrons. The topological polar surface area (TPSA) is 43.8 Å². The molecule has 4 heteroatoms. The number of aliphatic hydroxyl groups excluding tert-OH is 1. The van der Waals surface area contributed by atoms with Crippen LogP contribution in [-0.2, 0) is 4.79 Å². The van der Waals surface area contributed by atoms with Gasteiger partial charge in [-0.1, -0.05) is 53.1 Å². The van der Waals surface area contributed by atoms with Crippen LogP contribution in [0.3, 0.4) is 0 Å². The number of nitrogens with zero attached hydrogens (tertiary/aromatic N) is 2. The number of hydrogen-bond donors (Lipinski definition) is 1. The third-order valence-electron chi connectivity index (χ3n) is 6.31. The van der Waals surface area contributed by atoms with Crippen LogP contribution in [-0.4, -0.2) is 48.7 Å². The molecule has 0 unspecified atom stereocenters. The molecule has 1 fully saturated rings. The van der Waals surface area contributed by atoms with Crippen LogP contribution < -0.4 is 4.90 Å². The van der Waals surface area contributed by atoms with Crippen LogP contribution >= 0.6 is 0 Å². The van der Waals surface area contributed by atoms with Crippen LogP contribution in [0, 0.1) is 0 Å². The summed E-state index contributed by atoms with van der Waals surface area (Å²) in [5, 5.41) is 9.70. The van der Waals surface area contributed by atoms with E-state index in [1.165, 1.54) is 16.8 Å². The van der Waals surface area contributed by atoms with E-state index in [2.05, 4.69) is 68.2 Å². The molecular weight excluding hydrogens is 420 g/mol. The Labute approximate surface area is 207 Å². The number of anilines is 1. The number of aliphatic hydroxyl groups is 1. The van der Waals surface area contributed by atoms with Crippen molar-refractivity contribution in [2.24, 2.45) is 0 Å². The lowest BCUT2D eigenvalue weighted by molar-refractivity contribution is -0.126. The maximum atomic E-state index is 12.7. The van der Waals surface area contributed by atoms with Crippen molar-refractivity contribution in [3.8, 4) is 0 Å². The Morgan fingerprint density at radius 1 is 0.824 bits per heavy atom. The van der Waals surface area contributed by atoms with Gasteiger partial charge in [-0.2, -0.15) is 0 Å². The van der Waals surface area contributed by atoms with Gasteiger partial charge < -0.3 is 14.9 Å². The molecule has 1 aromatic rings. The maximum Gasteiger partial charge on any atom is 0.246 e. The van der Waals surface area contributed by atoms with Gasteiger partial charge in [0.05, 0.1) is 6.61 Å². The molecule has 2 rings (SSSR count). The van der Waals surface area contributed by atoms with Gasteiger partial charge >= 0.3 is 0 Å². The monoisotopic (exact) mass is 464 g/mol. The molecule has 1 heterocycles. The molecule has 1 aromatic carbocycles. The fraction of sp³-hybridized carbons (Fsp3) is 0.500. The lowest BCUT2D eigenvalue weighted by atomic mass is 10.0. The number of carbonyl (C=O) groups excluding carboxylic acids is 1. The molecule has 1 aliphatic heterocycles. The second-order valence-electron chi connectivity index (χ2n) is 9.61. The highest BCUT2D eigenvalue weighted by Gasteiger charge is 2.19. The van der Waals surface area contributed by atoms with E-state index < -0.39 is 0 Å². The van der Waals surface area contributed by atoms with Gasteiger partial charge in [0.15, 0.2) is 0 Å². The van der Waals surface area contributed by atoms with Crippen molar-refractivity contribution in [2.45, 2.75) is 66.2 Å². The predicted octanol–water partition coefficient (Wildman–Crippen LogP) is 6.45. The van der Waals surface area contributed by atoms with Crippen LogP contribution in [0.5, 0.6) is 0 Å². The van der Waals surface area contributed by atoms with E-state index in [0.29, 0.717) is 0 Å². The second-order valence-corrected chi connectivity index (χ2v) is 9.61. The number of amides is 1. The molecule has 0 aromatic heterocycles. The molecule has 0 atom stereocenters. The normalized spacial score (nSPS) is 15.5. The van der Waals surface area contributed by atoms with Crippen molar-refractivity contribution < 1.29 is 9.90 Å². The van der Waals surface area contributed by atoms with Crippen molar-refractivity contribution in [1.82, 2.24) is 4.90 Å². The van der Waals surface area contributed by atoms with Crippen molar-refractivity contribution in [2.75, 3.05) is 37.7 Å². The predicted molar refractivity (Wildman–Crippen MR) is 145 cm³/mol. The first-order chi connectivity index (χ1) is 16.4. The zero-order chi connectivity index (χ0) is 24.8. The van der Waals surface area contributed by atoms with E-state index in [1.807, 2.05) is 17.9 Å². The highest BCUT2D eigenvalue weighted by molar-refractivity contribution is 5.88. The zero-order valence-corrected chi connectivity index (χ0v) is 21.7. The summed E-state index contributed by atoms with van der Waals surface area (Å²) < 4.78 is 0. The molecule has 1 amide bonds. The third-order valence-corrected chi connectivity index (χ3v) is 6.31. The average molecular weight is 465 g/mol. The summed E-state index contributed by atoms with van der Waals surface area (Å²) in [6.07, 6.45) is 14.3. The van der Waals surface area contributed by atoms with E-state index >= 15 is 0 Å². The van der Waals surface area contributed by atoms with E-state index in [1.54, 1.807) is 6.08 Å². The Morgan fingerprint density at radius 3 is 2.09 bits per heavy atom. The summed E-state index contributed by atoms with van der Waals surface area (Å²) in [6, 6.07) is 10.4. The number of carbonyl (C=O) groups is 1. The fourth-order valence-corrected chi connectivity index (χ4v) is 4.14. The molecule has 4 nitrogen and oxygen atoms in total. The number of benzene rings is 1. The standard InChI is InChI=1S/C30H44N2O2/c1-25(2)11-8-12-26(3)13-9-15-28(24-33)16-10-14-27(4)23-30(34)32-21-19-31(20-22-32)29-17-6-5-7-18-29/h5-7,11,13,16-18,23,33H,8-10,12,14-15,19-22,24H2,1-4H3. The lowest BCUT2D eigenvalue weighted by Gasteiger charge is -2.35. The molecule has 0 aliphatic carbocycles. The van der Waals surface area contributed by atoms with E-state index in [0.717, 1.165) is 75.9 Å². The molecule has 1 N–H and O–H groups in total. The quantitative estimate of drug-likeness (QED) is 0.285. The van der Waals surface area contributed by atoms with E-state index in [9.17, 15) is 9.90 Å². The molecular formula is C30H44N2O2. The van der Waals surface area contributed by atoms with Gasteiger partial charge in [-0.15, -0.1) is 0 Å². The molecule has 1 aliphatic rings. The van der Waals surface area contributed by atoms with Gasteiger partial charge in [-0.25, -0.2) is 0 Å². The van der Waals surface area contributed by atoms with E-state index in [4.69, 9.17) is 0 Å². The van der Waals surface area contributed by atoms with Gasteiger partial charge in [0.2, 0.25) is 5.91 Å². The Kier molecular flexibility index (Phi) is 12.5. The average Bonchev–Trinajstić information content (AvgIpc) is 2.83. The van der Waals surface area contributed by atoms with Crippen LogP contribution in [0.2, 0.25) is 0 Å².